The first-order chi connectivity index (χ1) is 36.9. The van der Waals surface area contributed by atoms with E-state index in [0.29, 0.717) is 39.0 Å². The largest absolute Gasteiger partial charge is 0.490 e. The SMILES string of the molecule is CC(C)(C)N1CCC(C(=O)O)(S(=O)(=O)c2ccc(-c3ccc(CCCC(F)(F)F)cc3)cc2)CC1.CC(C)(C)OC(=O)C1(S(=O)(=O)c2ccc(-c3ccc(CCCC(F)(F)F)cc3)cc2)CCN(C(C)(C)C)CC1.O=C(O)C(F)(F)F. The quantitative estimate of drug-likeness (QED) is 0.0904. The molecule has 2 N–H and O–H groups in total. The maximum atomic E-state index is 14.1. The number of esters is 1. The van der Waals surface area contributed by atoms with Gasteiger partial charge in [0.15, 0.2) is 29.2 Å². The van der Waals surface area contributed by atoms with Crippen LogP contribution in [0.25, 0.3) is 22.3 Å². The number of aryl methyl sites for hydroxylation is 2. The number of halogens is 9. The minimum absolute atomic E-state index is 0.0134. The van der Waals surface area contributed by atoms with Gasteiger partial charge < -0.3 is 14.9 Å². The van der Waals surface area contributed by atoms with Gasteiger partial charge in [-0.15, -0.1) is 0 Å². The number of alkyl halides is 9. The molecule has 0 atom stereocenters. The lowest BCUT2D eigenvalue weighted by Gasteiger charge is -2.45. The van der Waals surface area contributed by atoms with Crippen molar-refractivity contribution in [3.63, 3.8) is 0 Å². The summed E-state index contributed by atoms with van der Waals surface area (Å²) in [7, 11) is -8.22. The molecular formula is C58H73F9N2O10S2. The fourth-order valence-corrected chi connectivity index (χ4v) is 13.3. The molecular weight excluding hydrogens is 1120 g/mol. The first-order valence-electron chi connectivity index (χ1n) is 26.2. The molecule has 0 saturated carbocycles. The van der Waals surface area contributed by atoms with Crippen LogP contribution in [-0.4, -0.2) is 126 Å². The Morgan fingerprint density at radius 2 is 0.753 bits per heavy atom. The molecule has 0 radical (unpaired) electrons. The Hall–Kier alpha value is -5.52. The second-order valence-electron chi connectivity index (χ2n) is 23.3. The lowest BCUT2D eigenvalue weighted by atomic mass is 9.92. The summed E-state index contributed by atoms with van der Waals surface area (Å²) in [5, 5.41) is 17.1. The minimum atomic E-state index is -5.08. The van der Waals surface area contributed by atoms with Crippen LogP contribution >= 0.6 is 0 Å². The van der Waals surface area contributed by atoms with Gasteiger partial charge in [0.25, 0.3) is 0 Å². The molecule has 2 aliphatic rings. The standard InChI is InChI=1S/C30H40F3NO4S.C26H32F3NO4S.C2HF3O2/c1-27(2,3)34-20-18-29(19-21-34,26(35)38-28(4,5)6)39(36,37)25-15-13-24(14-16-25)23-11-9-22(10-12-23)8-7-17-30(31,32)33;1-24(2,3)30-17-15-25(16-18-30,23(31)32)35(33,34)22-12-10-21(11-13-22)20-8-6-19(7-9-20)5-4-14-26(27,28)29;3-2(4,5)1(6)7/h9-16H,7-8,17-21H2,1-6H3;6-13H,4-5,14-18H2,1-3H3,(H,31,32);(H,6,7). The third-order valence-electron chi connectivity index (χ3n) is 14.2. The number of ether oxygens (including phenoxy) is 1. The first-order valence-corrected chi connectivity index (χ1v) is 29.2. The normalized spacial score (nSPS) is 16.7. The second kappa shape index (κ2) is 26.0. The average Bonchev–Trinajstić information content (AvgIpc) is 3.35. The van der Waals surface area contributed by atoms with Gasteiger partial charge in [-0.3, -0.25) is 19.4 Å². The smallest absolute Gasteiger partial charge is 0.480 e. The highest BCUT2D eigenvalue weighted by atomic mass is 32.2. The molecule has 23 heteroatoms. The number of rotatable bonds is 14. The zero-order valence-corrected chi connectivity index (χ0v) is 48.5. The first kappa shape index (κ1) is 68.0. The maximum absolute atomic E-state index is 14.1. The number of aliphatic carboxylic acids is 2. The highest BCUT2D eigenvalue weighted by Crippen LogP contribution is 2.41. The Balaban J connectivity index is 0.000000313. The molecule has 4 aromatic carbocycles. The van der Waals surface area contributed by atoms with Crippen LogP contribution in [-0.2, 0) is 51.6 Å². The summed E-state index contributed by atoms with van der Waals surface area (Å²) >= 11 is 0. The molecule has 4 aromatic rings. The fourth-order valence-electron chi connectivity index (χ4n) is 9.45. The van der Waals surface area contributed by atoms with Crippen LogP contribution in [0.3, 0.4) is 0 Å². The van der Waals surface area contributed by atoms with Crippen molar-refractivity contribution in [2.45, 2.75) is 181 Å². The molecule has 0 unspecified atom stereocenters. The van der Waals surface area contributed by atoms with Crippen LogP contribution < -0.4 is 0 Å². The fraction of sp³-hybridized carbons (Fsp3) is 0.534. The number of hydrogen-bond acceptors (Lipinski definition) is 10. The van der Waals surface area contributed by atoms with Crippen molar-refractivity contribution in [1.29, 1.82) is 0 Å². The van der Waals surface area contributed by atoms with Crippen molar-refractivity contribution in [2.24, 2.45) is 0 Å². The van der Waals surface area contributed by atoms with Crippen molar-refractivity contribution in [3.8, 4) is 22.3 Å². The monoisotopic (exact) mass is 1190 g/mol. The highest BCUT2D eigenvalue weighted by Gasteiger charge is 2.56. The summed E-state index contributed by atoms with van der Waals surface area (Å²) in [5.41, 5.74) is 3.55. The number of likely N-dealkylation sites (tertiary alicyclic amines) is 2. The number of hydrogen-bond donors (Lipinski definition) is 2. The maximum Gasteiger partial charge on any atom is 0.490 e. The molecule has 2 saturated heterocycles. The van der Waals surface area contributed by atoms with Crippen molar-refractivity contribution in [2.75, 3.05) is 26.2 Å². The topological polar surface area (TPSA) is 176 Å². The van der Waals surface area contributed by atoms with E-state index in [-0.39, 0.29) is 59.4 Å². The predicted octanol–water partition coefficient (Wildman–Crippen LogP) is 13.4. The van der Waals surface area contributed by atoms with Crippen LogP contribution in [0.1, 0.15) is 125 Å². The van der Waals surface area contributed by atoms with E-state index >= 15 is 0 Å². The molecule has 0 bridgehead atoms. The van der Waals surface area contributed by atoms with E-state index in [1.54, 1.807) is 81.4 Å². The van der Waals surface area contributed by atoms with Crippen LogP contribution in [0.2, 0.25) is 0 Å². The zero-order chi connectivity index (χ0) is 61.4. The van der Waals surface area contributed by atoms with E-state index in [1.807, 2.05) is 32.9 Å². The number of nitrogens with zero attached hydrogens (tertiary/aromatic N) is 2. The van der Waals surface area contributed by atoms with Gasteiger partial charge in [-0.25, -0.2) is 21.6 Å². The molecule has 6 rings (SSSR count). The van der Waals surface area contributed by atoms with Gasteiger partial charge in [0.05, 0.1) is 9.79 Å². The van der Waals surface area contributed by atoms with E-state index in [9.17, 15) is 71.0 Å². The second-order valence-corrected chi connectivity index (χ2v) is 27.8. The van der Waals surface area contributed by atoms with Crippen molar-refractivity contribution in [3.05, 3.63) is 108 Å². The predicted molar refractivity (Wildman–Crippen MR) is 290 cm³/mol. The van der Waals surface area contributed by atoms with Crippen molar-refractivity contribution >= 4 is 37.6 Å². The van der Waals surface area contributed by atoms with E-state index in [2.05, 4.69) is 30.6 Å². The molecule has 0 aromatic heterocycles. The van der Waals surface area contributed by atoms with Gasteiger partial charge in [0.1, 0.15) is 5.60 Å². The number of piperidine rings is 2. The zero-order valence-electron chi connectivity index (χ0n) is 46.9. The van der Waals surface area contributed by atoms with E-state index in [4.69, 9.17) is 14.6 Å². The Morgan fingerprint density at radius 1 is 0.481 bits per heavy atom. The average molecular weight is 1190 g/mol. The van der Waals surface area contributed by atoms with Crippen molar-refractivity contribution in [1.82, 2.24) is 9.80 Å². The molecule has 0 aliphatic carbocycles. The Bertz CT molecular complexity index is 2960. The molecule has 0 amide bonds. The number of carbonyl (C=O) groups is 3. The molecule has 12 nitrogen and oxygen atoms in total. The molecule has 450 valence electrons. The molecule has 2 aliphatic heterocycles. The molecule has 81 heavy (non-hydrogen) atoms. The van der Waals surface area contributed by atoms with Gasteiger partial charge >= 0.3 is 36.4 Å². The lowest BCUT2D eigenvalue weighted by Crippen LogP contribution is -2.58. The summed E-state index contributed by atoms with van der Waals surface area (Å²) in [6.07, 6.45) is -14.0. The summed E-state index contributed by atoms with van der Waals surface area (Å²) in [4.78, 5) is 38.9. The van der Waals surface area contributed by atoms with Crippen LogP contribution in [0.5, 0.6) is 0 Å². The van der Waals surface area contributed by atoms with Gasteiger partial charge in [0.2, 0.25) is 0 Å². The summed E-state index contributed by atoms with van der Waals surface area (Å²) in [6.45, 7) is 19.1. The summed E-state index contributed by atoms with van der Waals surface area (Å²) < 4.78 is 163. The van der Waals surface area contributed by atoms with Gasteiger partial charge in [0, 0.05) is 50.1 Å². The van der Waals surface area contributed by atoms with E-state index in [1.165, 1.54) is 24.3 Å². The number of carbonyl (C=O) groups excluding carboxylic acids is 1. The van der Waals surface area contributed by atoms with Crippen LogP contribution in [0.4, 0.5) is 39.5 Å². The Morgan fingerprint density at radius 3 is 1.00 bits per heavy atom. The Kier molecular flexibility index (Phi) is 21.8. The summed E-state index contributed by atoms with van der Waals surface area (Å²) in [6, 6.07) is 26.9. The third-order valence-corrected chi connectivity index (χ3v) is 19.2. The van der Waals surface area contributed by atoms with Crippen molar-refractivity contribution < 1.29 is 85.7 Å². The number of carboxylic acid groups (broad SMARTS) is 2. The number of sulfone groups is 2. The van der Waals surface area contributed by atoms with Crippen LogP contribution in [0, 0.1) is 0 Å². The third kappa shape index (κ3) is 18.5. The van der Waals surface area contributed by atoms with Crippen LogP contribution in [0.15, 0.2) is 107 Å². The highest BCUT2D eigenvalue weighted by molar-refractivity contribution is 7.94. The van der Waals surface area contributed by atoms with Gasteiger partial charge in [-0.1, -0.05) is 72.8 Å². The number of benzene rings is 4. The van der Waals surface area contributed by atoms with Gasteiger partial charge in [-0.05, 0) is 171 Å². The minimum Gasteiger partial charge on any atom is -0.480 e. The Labute approximate surface area is 468 Å². The van der Waals surface area contributed by atoms with E-state index in [0.717, 1.165) is 33.4 Å². The molecule has 0 spiro atoms. The van der Waals surface area contributed by atoms with E-state index < -0.39 is 84.0 Å². The summed E-state index contributed by atoms with van der Waals surface area (Å²) in [5.74, 6) is -4.79. The molecule has 2 heterocycles. The molecule has 2 fully saturated rings. The number of carboxylic acids is 2. The lowest BCUT2D eigenvalue weighted by molar-refractivity contribution is -0.192. The van der Waals surface area contributed by atoms with Gasteiger partial charge in [-0.2, -0.15) is 39.5 Å².